The number of benzene rings is 4. The van der Waals surface area contributed by atoms with Gasteiger partial charge in [0, 0.05) is 16.5 Å². The van der Waals surface area contributed by atoms with Crippen LogP contribution in [0.3, 0.4) is 0 Å². The van der Waals surface area contributed by atoms with Gasteiger partial charge in [0.1, 0.15) is 18.1 Å². The van der Waals surface area contributed by atoms with E-state index in [9.17, 15) is 4.79 Å². The molecule has 0 bridgehead atoms. The first-order valence-corrected chi connectivity index (χ1v) is 10.3. The molecular formula is C27H25NO3. The van der Waals surface area contributed by atoms with Crippen LogP contribution in [0, 0.1) is 0 Å². The van der Waals surface area contributed by atoms with Gasteiger partial charge in [0.15, 0.2) is 0 Å². The lowest BCUT2D eigenvalue weighted by Crippen LogP contribution is -2.26. The summed E-state index contributed by atoms with van der Waals surface area (Å²) in [4.78, 5) is 12.8. The molecule has 1 N–H and O–H groups in total. The fraction of sp³-hybridized carbons (Fsp3) is 0.148. The third-order valence-corrected chi connectivity index (χ3v) is 5.32. The van der Waals surface area contributed by atoms with Crippen molar-refractivity contribution in [2.24, 2.45) is 0 Å². The number of amides is 1. The smallest absolute Gasteiger partial charge is 0.251 e. The first-order chi connectivity index (χ1) is 15.2. The van der Waals surface area contributed by atoms with Gasteiger partial charge in [-0.2, -0.15) is 0 Å². The van der Waals surface area contributed by atoms with Crippen molar-refractivity contribution in [3.63, 3.8) is 0 Å². The molecule has 1 unspecified atom stereocenters. The lowest BCUT2D eigenvalue weighted by atomic mass is 10.1. The quantitative estimate of drug-likeness (QED) is 0.411. The number of methoxy groups -OCH3 is 1. The van der Waals surface area contributed by atoms with Crippen molar-refractivity contribution in [2.75, 3.05) is 7.11 Å². The third kappa shape index (κ3) is 4.69. The summed E-state index contributed by atoms with van der Waals surface area (Å²) < 4.78 is 11.6. The normalized spacial score (nSPS) is 11.7. The van der Waals surface area contributed by atoms with Gasteiger partial charge >= 0.3 is 0 Å². The predicted octanol–water partition coefficient (Wildman–Crippen LogP) is 5.92. The zero-order valence-corrected chi connectivity index (χ0v) is 17.7. The van der Waals surface area contributed by atoms with E-state index in [1.165, 1.54) is 0 Å². The van der Waals surface area contributed by atoms with E-state index in [2.05, 4.69) is 17.4 Å². The van der Waals surface area contributed by atoms with Crippen LogP contribution < -0.4 is 14.8 Å². The second-order valence-electron chi connectivity index (χ2n) is 7.40. The van der Waals surface area contributed by atoms with Crippen molar-refractivity contribution >= 4 is 16.7 Å². The zero-order valence-electron chi connectivity index (χ0n) is 17.7. The molecule has 4 aromatic carbocycles. The molecule has 0 aliphatic heterocycles. The highest BCUT2D eigenvalue weighted by Crippen LogP contribution is 2.28. The maximum Gasteiger partial charge on any atom is 0.251 e. The lowest BCUT2D eigenvalue weighted by Gasteiger charge is -2.16. The van der Waals surface area contributed by atoms with E-state index in [1.54, 1.807) is 13.2 Å². The number of carbonyl (C=O) groups excluding carboxylic acids is 1. The second kappa shape index (κ2) is 9.35. The minimum Gasteiger partial charge on any atom is -0.496 e. The van der Waals surface area contributed by atoms with Gasteiger partial charge < -0.3 is 14.8 Å². The van der Waals surface area contributed by atoms with Gasteiger partial charge in [0.2, 0.25) is 0 Å². The number of ether oxygens (including phenoxy) is 2. The van der Waals surface area contributed by atoms with E-state index in [4.69, 9.17) is 9.47 Å². The molecule has 0 saturated carbocycles. The standard InChI is InChI=1S/C27H25NO3/c1-19(20-9-4-3-5-10-20)28-27(29)22-15-16-25(30-2)23(17-22)18-31-26-14-8-12-21-11-6-7-13-24(21)26/h3-17,19H,18H2,1-2H3,(H,28,29). The molecule has 0 heterocycles. The molecule has 1 amide bonds. The molecule has 0 radical (unpaired) electrons. The van der Waals surface area contributed by atoms with Crippen LogP contribution in [0.25, 0.3) is 10.8 Å². The Labute approximate surface area is 182 Å². The molecule has 0 aliphatic carbocycles. The highest BCUT2D eigenvalue weighted by Gasteiger charge is 2.14. The van der Waals surface area contributed by atoms with Crippen LogP contribution in [0.2, 0.25) is 0 Å². The Kier molecular flexibility index (Phi) is 6.18. The van der Waals surface area contributed by atoms with Crippen LogP contribution in [-0.4, -0.2) is 13.0 Å². The van der Waals surface area contributed by atoms with Crippen molar-refractivity contribution in [1.82, 2.24) is 5.32 Å². The molecule has 31 heavy (non-hydrogen) atoms. The zero-order chi connectivity index (χ0) is 21.6. The largest absolute Gasteiger partial charge is 0.496 e. The van der Waals surface area contributed by atoms with Gasteiger partial charge in [-0.1, -0.05) is 66.7 Å². The maximum atomic E-state index is 12.8. The van der Waals surface area contributed by atoms with E-state index < -0.39 is 0 Å². The summed E-state index contributed by atoms with van der Waals surface area (Å²) in [7, 11) is 1.62. The molecule has 0 saturated heterocycles. The summed E-state index contributed by atoms with van der Waals surface area (Å²) in [5.74, 6) is 1.35. The summed E-state index contributed by atoms with van der Waals surface area (Å²) in [6, 6.07) is 29.3. The van der Waals surface area contributed by atoms with Crippen molar-refractivity contribution in [2.45, 2.75) is 19.6 Å². The fourth-order valence-electron chi connectivity index (χ4n) is 3.61. The SMILES string of the molecule is COc1ccc(C(=O)NC(C)c2ccccc2)cc1COc1cccc2ccccc12. The average molecular weight is 412 g/mol. The van der Waals surface area contributed by atoms with E-state index >= 15 is 0 Å². The van der Waals surface area contributed by atoms with Crippen LogP contribution >= 0.6 is 0 Å². The number of hydrogen-bond donors (Lipinski definition) is 1. The predicted molar refractivity (Wildman–Crippen MR) is 124 cm³/mol. The molecule has 4 aromatic rings. The minimum absolute atomic E-state index is 0.0915. The molecular weight excluding hydrogens is 386 g/mol. The monoisotopic (exact) mass is 411 g/mol. The van der Waals surface area contributed by atoms with Gasteiger partial charge in [-0.05, 0) is 42.1 Å². The van der Waals surface area contributed by atoms with Crippen molar-refractivity contribution in [3.8, 4) is 11.5 Å². The Bertz CT molecular complexity index is 1180. The first kappa shape index (κ1) is 20.5. The molecule has 4 heteroatoms. The summed E-state index contributed by atoms with van der Waals surface area (Å²) >= 11 is 0. The number of hydrogen-bond acceptors (Lipinski definition) is 3. The van der Waals surface area contributed by atoms with Crippen LogP contribution in [0.1, 0.15) is 34.5 Å². The van der Waals surface area contributed by atoms with Crippen LogP contribution in [-0.2, 0) is 6.61 Å². The highest BCUT2D eigenvalue weighted by molar-refractivity contribution is 5.95. The molecule has 0 fully saturated rings. The summed E-state index contributed by atoms with van der Waals surface area (Å²) in [6.07, 6.45) is 0. The summed E-state index contributed by atoms with van der Waals surface area (Å²) in [5.41, 5.74) is 2.44. The summed E-state index contributed by atoms with van der Waals surface area (Å²) in [5, 5.41) is 5.23. The van der Waals surface area contributed by atoms with Crippen LogP contribution in [0.4, 0.5) is 0 Å². The third-order valence-electron chi connectivity index (χ3n) is 5.32. The topological polar surface area (TPSA) is 47.6 Å². The van der Waals surface area contributed by atoms with E-state index in [1.807, 2.05) is 79.7 Å². The molecule has 4 rings (SSSR count). The Morgan fingerprint density at radius 2 is 1.61 bits per heavy atom. The molecule has 4 nitrogen and oxygen atoms in total. The van der Waals surface area contributed by atoms with Gasteiger partial charge in [0.25, 0.3) is 5.91 Å². The average Bonchev–Trinajstić information content (AvgIpc) is 2.83. The second-order valence-corrected chi connectivity index (χ2v) is 7.40. The number of nitrogens with one attached hydrogen (secondary N) is 1. The highest BCUT2D eigenvalue weighted by atomic mass is 16.5. The van der Waals surface area contributed by atoms with Crippen LogP contribution in [0.15, 0.2) is 91.0 Å². The molecule has 156 valence electrons. The van der Waals surface area contributed by atoms with Gasteiger partial charge in [0.05, 0.1) is 13.2 Å². The molecule has 0 aliphatic rings. The van der Waals surface area contributed by atoms with Crippen molar-refractivity contribution in [1.29, 1.82) is 0 Å². The van der Waals surface area contributed by atoms with Gasteiger partial charge in [-0.15, -0.1) is 0 Å². The van der Waals surface area contributed by atoms with Gasteiger partial charge in [-0.25, -0.2) is 0 Å². The summed E-state index contributed by atoms with van der Waals surface area (Å²) in [6.45, 7) is 2.27. The first-order valence-electron chi connectivity index (χ1n) is 10.3. The fourth-order valence-corrected chi connectivity index (χ4v) is 3.61. The Morgan fingerprint density at radius 3 is 2.42 bits per heavy atom. The van der Waals surface area contributed by atoms with E-state index in [0.717, 1.165) is 27.6 Å². The Hall–Kier alpha value is -3.79. The van der Waals surface area contributed by atoms with Crippen molar-refractivity contribution in [3.05, 3.63) is 108 Å². The van der Waals surface area contributed by atoms with E-state index in [0.29, 0.717) is 17.9 Å². The van der Waals surface area contributed by atoms with Crippen molar-refractivity contribution < 1.29 is 14.3 Å². The lowest BCUT2D eigenvalue weighted by molar-refractivity contribution is 0.0939. The molecule has 0 aromatic heterocycles. The van der Waals surface area contributed by atoms with E-state index in [-0.39, 0.29) is 11.9 Å². The molecule has 0 spiro atoms. The number of rotatable bonds is 7. The molecule has 1 atom stereocenters. The number of carbonyl (C=O) groups is 1. The minimum atomic E-state index is -0.134. The Morgan fingerprint density at radius 1 is 0.871 bits per heavy atom. The van der Waals surface area contributed by atoms with Crippen LogP contribution in [0.5, 0.6) is 11.5 Å². The van der Waals surface area contributed by atoms with Gasteiger partial charge in [-0.3, -0.25) is 4.79 Å². The maximum absolute atomic E-state index is 12.8. The number of fused-ring (bicyclic) bond motifs is 1. The Balaban J connectivity index is 1.52.